The van der Waals surface area contributed by atoms with Crippen molar-refractivity contribution in [2.75, 3.05) is 39.5 Å². The highest BCUT2D eigenvalue weighted by Gasteiger charge is 2.10. The molecule has 186 valence electrons. The first kappa shape index (κ1) is 26.3. The first-order valence-corrected chi connectivity index (χ1v) is 13.2. The molecule has 0 spiro atoms. The van der Waals surface area contributed by atoms with Gasteiger partial charge in [-0.05, 0) is 79.4 Å². The van der Waals surface area contributed by atoms with E-state index in [1.165, 1.54) is 0 Å². The summed E-state index contributed by atoms with van der Waals surface area (Å²) in [5, 5.41) is 9.31. The summed E-state index contributed by atoms with van der Waals surface area (Å²) in [4.78, 5) is 10.6. The third-order valence-corrected chi connectivity index (χ3v) is 6.40. The fourth-order valence-corrected chi connectivity index (χ4v) is 4.44. The van der Waals surface area contributed by atoms with Crippen LogP contribution in [-0.2, 0) is 4.74 Å². The van der Waals surface area contributed by atoms with Crippen LogP contribution < -0.4 is 4.74 Å². The number of phenols is 1. The molecule has 8 heteroatoms. The van der Waals surface area contributed by atoms with Crippen LogP contribution in [0, 0.1) is 0 Å². The molecule has 0 amide bonds. The van der Waals surface area contributed by atoms with Crippen LogP contribution in [0.3, 0.4) is 0 Å². The number of hydrogen-bond acceptors (Lipinski definition) is 6. The van der Waals surface area contributed by atoms with Crippen molar-refractivity contribution >= 4 is 31.9 Å². The molecule has 0 radical (unpaired) electrons. The lowest BCUT2D eigenvalue weighted by Gasteiger charge is -2.26. The predicted octanol–water partition coefficient (Wildman–Crippen LogP) is 6.44. The standard InChI is InChI=1S/C17H19BrN2O2.C11H8BrNO/c18-16-10-15(12-19-13-16)14-2-1-3-17(11-14)22-9-6-20-4-7-21-8-5-20;12-10-4-9(6-13-7-10)8-2-1-3-11(14)5-8/h1-3,10-13H,4-9H2;1-7,14H. The molecule has 3 heterocycles. The smallest absolute Gasteiger partial charge is 0.119 e. The first-order chi connectivity index (χ1) is 17.6. The molecule has 1 fully saturated rings. The van der Waals surface area contributed by atoms with Crippen LogP contribution in [0.2, 0.25) is 0 Å². The van der Waals surface area contributed by atoms with Gasteiger partial charge in [0.1, 0.15) is 18.1 Å². The second kappa shape index (κ2) is 13.5. The summed E-state index contributed by atoms with van der Waals surface area (Å²) in [7, 11) is 0. The lowest BCUT2D eigenvalue weighted by Crippen LogP contribution is -2.38. The first-order valence-electron chi connectivity index (χ1n) is 11.6. The number of phenolic OH excluding ortho intramolecular Hbond substituents is 1. The van der Waals surface area contributed by atoms with Crippen molar-refractivity contribution in [2.45, 2.75) is 0 Å². The summed E-state index contributed by atoms with van der Waals surface area (Å²) in [6.07, 6.45) is 7.13. The number of hydrogen-bond donors (Lipinski definition) is 1. The normalized spacial score (nSPS) is 13.5. The second-order valence-electron chi connectivity index (χ2n) is 8.16. The Hall–Kier alpha value is -2.78. The van der Waals surface area contributed by atoms with Gasteiger partial charge in [-0.15, -0.1) is 0 Å². The fourth-order valence-electron chi connectivity index (χ4n) is 3.71. The van der Waals surface area contributed by atoms with E-state index in [1.54, 1.807) is 30.7 Å². The SMILES string of the molecule is Brc1cncc(-c2cccc(OCCN3CCOCC3)c2)c1.Oc1cccc(-c2cncc(Br)c2)c1. The highest BCUT2D eigenvalue weighted by Crippen LogP contribution is 2.26. The molecule has 1 N–H and O–H groups in total. The molecule has 2 aromatic heterocycles. The number of morpholine rings is 1. The van der Waals surface area contributed by atoms with Crippen molar-refractivity contribution in [1.82, 2.24) is 14.9 Å². The van der Waals surface area contributed by atoms with Gasteiger partial charge in [-0.1, -0.05) is 24.3 Å². The Balaban J connectivity index is 0.000000187. The van der Waals surface area contributed by atoms with Gasteiger partial charge < -0.3 is 14.6 Å². The van der Waals surface area contributed by atoms with E-state index < -0.39 is 0 Å². The Labute approximate surface area is 228 Å². The molecular weight excluding hydrogens is 586 g/mol. The van der Waals surface area contributed by atoms with Crippen molar-refractivity contribution in [3.63, 3.8) is 0 Å². The number of rotatable bonds is 6. The maximum atomic E-state index is 9.31. The minimum Gasteiger partial charge on any atom is -0.508 e. The second-order valence-corrected chi connectivity index (χ2v) is 10.00. The summed E-state index contributed by atoms with van der Waals surface area (Å²) < 4.78 is 13.1. The van der Waals surface area contributed by atoms with Gasteiger partial charge in [-0.25, -0.2) is 0 Å². The number of nitrogens with zero attached hydrogens (tertiary/aromatic N) is 3. The molecule has 1 aliphatic heterocycles. The molecule has 5 rings (SSSR count). The molecule has 1 aliphatic rings. The van der Waals surface area contributed by atoms with Crippen LogP contribution >= 0.6 is 31.9 Å². The molecule has 0 unspecified atom stereocenters. The number of pyridine rings is 2. The third kappa shape index (κ3) is 8.13. The molecule has 0 aliphatic carbocycles. The monoisotopic (exact) mass is 611 g/mol. The van der Waals surface area contributed by atoms with Gasteiger partial charge in [-0.2, -0.15) is 0 Å². The summed E-state index contributed by atoms with van der Waals surface area (Å²) in [6.45, 7) is 5.27. The molecule has 1 saturated heterocycles. The number of halogens is 2. The number of aromatic nitrogens is 2. The Morgan fingerprint density at radius 3 is 2.00 bits per heavy atom. The average molecular weight is 613 g/mol. The fraction of sp³-hybridized carbons (Fsp3) is 0.214. The Kier molecular flexibility index (Phi) is 9.86. The number of aromatic hydroxyl groups is 1. The van der Waals surface area contributed by atoms with E-state index in [-0.39, 0.29) is 5.75 Å². The minimum atomic E-state index is 0.266. The van der Waals surface area contributed by atoms with E-state index >= 15 is 0 Å². The van der Waals surface area contributed by atoms with Crippen LogP contribution in [0.1, 0.15) is 0 Å². The molecule has 0 bridgehead atoms. The molecular formula is C28H27Br2N3O3. The highest BCUT2D eigenvalue weighted by atomic mass is 79.9. The Morgan fingerprint density at radius 1 is 0.778 bits per heavy atom. The van der Waals surface area contributed by atoms with Gasteiger partial charge >= 0.3 is 0 Å². The third-order valence-electron chi connectivity index (χ3n) is 5.54. The zero-order chi connectivity index (χ0) is 25.2. The number of benzene rings is 2. The highest BCUT2D eigenvalue weighted by molar-refractivity contribution is 9.10. The molecule has 4 aromatic rings. The van der Waals surface area contributed by atoms with E-state index in [1.807, 2.05) is 36.5 Å². The summed E-state index contributed by atoms with van der Waals surface area (Å²) in [5.41, 5.74) is 4.12. The minimum absolute atomic E-state index is 0.266. The van der Waals surface area contributed by atoms with Crippen LogP contribution in [0.25, 0.3) is 22.3 Å². The van der Waals surface area contributed by atoms with Crippen LogP contribution in [0.5, 0.6) is 11.5 Å². The lowest BCUT2D eigenvalue weighted by atomic mass is 10.1. The topological polar surface area (TPSA) is 67.7 Å². The van der Waals surface area contributed by atoms with E-state index in [4.69, 9.17) is 9.47 Å². The summed E-state index contributed by atoms with van der Waals surface area (Å²) in [5.74, 6) is 1.16. The van der Waals surface area contributed by atoms with Crippen LogP contribution in [-0.4, -0.2) is 59.4 Å². The van der Waals surface area contributed by atoms with Crippen molar-refractivity contribution in [2.24, 2.45) is 0 Å². The average Bonchev–Trinajstić information content (AvgIpc) is 2.90. The molecule has 36 heavy (non-hydrogen) atoms. The summed E-state index contributed by atoms with van der Waals surface area (Å²) in [6, 6.07) is 19.3. The van der Waals surface area contributed by atoms with Crippen LogP contribution in [0.15, 0.2) is 94.4 Å². The zero-order valence-corrected chi connectivity index (χ0v) is 22.9. The van der Waals surface area contributed by atoms with E-state index in [9.17, 15) is 5.11 Å². The number of ether oxygens (including phenoxy) is 2. The maximum absolute atomic E-state index is 9.31. The quantitative estimate of drug-likeness (QED) is 0.270. The van der Waals surface area contributed by atoms with Gasteiger partial charge in [0.25, 0.3) is 0 Å². The van der Waals surface area contributed by atoms with Crippen molar-refractivity contribution in [3.05, 3.63) is 94.4 Å². The predicted molar refractivity (Wildman–Crippen MR) is 149 cm³/mol. The van der Waals surface area contributed by atoms with Gasteiger partial charge in [0.2, 0.25) is 0 Å². The van der Waals surface area contributed by atoms with Crippen molar-refractivity contribution < 1.29 is 14.6 Å². The van der Waals surface area contributed by atoms with E-state index in [0.717, 1.165) is 69.8 Å². The van der Waals surface area contributed by atoms with E-state index in [2.05, 4.69) is 64.9 Å². The molecule has 2 aromatic carbocycles. The van der Waals surface area contributed by atoms with E-state index in [0.29, 0.717) is 6.61 Å². The van der Waals surface area contributed by atoms with Gasteiger partial charge in [0, 0.05) is 64.5 Å². The molecule has 0 atom stereocenters. The van der Waals surface area contributed by atoms with Crippen LogP contribution in [0.4, 0.5) is 0 Å². The zero-order valence-electron chi connectivity index (χ0n) is 19.7. The van der Waals surface area contributed by atoms with Crippen molar-refractivity contribution in [3.8, 4) is 33.8 Å². The summed E-state index contributed by atoms with van der Waals surface area (Å²) >= 11 is 6.81. The van der Waals surface area contributed by atoms with Crippen molar-refractivity contribution in [1.29, 1.82) is 0 Å². The Bertz CT molecular complexity index is 1220. The lowest BCUT2D eigenvalue weighted by molar-refractivity contribution is 0.0322. The molecule has 0 saturated carbocycles. The molecule has 6 nitrogen and oxygen atoms in total. The Morgan fingerprint density at radius 2 is 1.39 bits per heavy atom. The van der Waals surface area contributed by atoms with Gasteiger partial charge in [0.15, 0.2) is 0 Å². The van der Waals surface area contributed by atoms with Gasteiger partial charge in [-0.3, -0.25) is 14.9 Å². The maximum Gasteiger partial charge on any atom is 0.119 e. The van der Waals surface area contributed by atoms with Gasteiger partial charge in [0.05, 0.1) is 13.2 Å². The largest absolute Gasteiger partial charge is 0.508 e.